The summed E-state index contributed by atoms with van der Waals surface area (Å²) < 4.78 is 0.931. The molecule has 0 saturated carbocycles. The summed E-state index contributed by atoms with van der Waals surface area (Å²) in [6.07, 6.45) is 3.37. The molecule has 1 amide bonds. The normalized spacial score (nSPS) is 20.5. The predicted molar refractivity (Wildman–Crippen MR) is 64.0 cm³/mol. The van der Waals surface area contributed by atoms with Crippen LogP contribution in [0, 0.1) is 5.92 Å². The third-order valence-corrected chi connectivity index (χ3v) is 3.75. The van der Waals surface area contributed by atoms with Crippen LogP contribution in [0.1, 0.15) is 12.8 Å². The molecular formula is C9H12BrN3OS. The van der Waals surface area contributed by atoms with E-state index in [-0.39, 0.29) is 5.91 Å². The van der Waals surface area contributed by atoms with Gasteiger partial charge >= 0.3 is 0 Å². The van der Waals surface area contributed by atoms with Gasteiger partial charge in [-0.15, -0.1) is 0 Å². The lowest BCUT2D eigenvalue weighted by Gasteiger charge is -2.06. The van der Waals surface area contributed by atoms with Gasteiger partial charge in [0.05, 0.1) is 9.98 Å². The minimum Gasteiger partial charge on any atom is -0.316 e. The first-order chi connectivity index (χ1) is 7.24. The number of thiazole rings is 1. The standard InChI is InChI=1S/C9H12BrN3OS/c10-7-5-12-9(15-7)13-8(14)3-6-1-2-11-4-6/h5-6,11H,1-4H2,(H,12,13,14). The zero-order valence-corrected chi connectivity index (χ0v) is 10.5. The molecule has 1 fully saturated rings. The van der Waals surface area contributed by atoms with Gasteiger partial charge in [-0.1, -0.05) is 11.3 Å². The molecule has 2 N–H and O–H groups in total. The van der Waals surface area contributed by atoms with Crippen LogP contribution >= 0.6 is 27.3 Å². The monoisotopic (exact) mass is 289 g/mol. The Hall–Kier alpha value is -0.460. The van der Waals surface area contributed by atoms with Crippen LogP contribution in [-0.4, -0.2) is 24.0 Å². The molecule has 15 heavy (non-hydrogen) atoms. The Bertz CT molecular complexity index is 349. The van der Waals surface area contributed by atoms with Crippen LogP contribution < -0.4 is 10.6 Å². The van der Waals surface area contributed by atoms with E-state index in [1.807, 2.05) is 0 Å². The van der Waals surface area contributed by atoms with Crippen molar-refractivity contribution in [2.24, 2.45) is 5.92 Å². The summed E-state index contributed by atoms with van der Waals surface area (Å²) in [5.41, 5.74) is 0. The van der Waals surface area contributed by atoms with E-state index in [4.69, 9.17) is 0 Å². The molecule has 0 aliphatic carbocycles. The topological polar surface area (TPSA) is 54.0 Å². The van der Waals surface area contributed by atoms with Crippen molar-refractivity contribution in [3.05, 3.63) is 9.98 Å². The fraction of sp³-hybridized carbons (Fsp3) is 0.556. The van der Waals surface area contributed by atoms with Gasteiger partial charge in [-0.05, 0) is 41.4 Å². The average molecular weight is 290 g/mol. The van der Waals surface area contributed by atoms with Gasteiger partial charge in [0.25, 0.3) is 0 Å². The molecule has 0 bridgehead atoms. The van der Waals surface area contributed by atoms with Crippen molar-refractivity contribution in [1.29, 1.82) is 0 Å². The van der Waals surface area contributed by atoms with E-state index >= 15 is 0 Å². The van der Waals surface area contributed by atoms with Crippen LogP contribution in [0.15, 0.2) is 9.98 Å². The summed E-state index contributed by atoms with van der Waals surface area (Å²) in [4.78, 5) is 15.6. The third-order valence-electron chi connectivity index (χ3n) is 2.36. The molecule has 2 heterocycles. The Morgan fingerprint density at radius 2 is 2.67 bits per heavy atom. The zero-order valence-electron chi connectivity index (χ0n) is 8.12. The molecule has 1 unspecified atom stereocenters. The Labute approximate surface area is 101 Å². The number of anilines is 1. The Balaban J connectivity index is 1.81. The Morgan fingerprint density at radius 3 is 3.27 bits per heavy atom. The highest BCUT2D eigenvalue weighted by atomic mass is 79.9. The summed E-state index contributed by atoms with van der Waals surface area (Å²) in [6.45, 7) is 1.98. The molecule has 0 aromatic carbocycles. The molecule has 4 nitrogen and oxygen atoms in total. The van der Waals surface area contributed by atoms with E-state index in [9.17, 15) is 4.79 Å². The molecule has 1 aliphatic heterocycles. The number of rotatable bonds is 3. The molecule has 0 spiro atoms. The van der Waals surface area contributed by atoms with E-state index in [0.717, 1.165) is 23.3 Å². The summed E-state index contributed by atoms with van der Waals surface area (Å²) >= 11 is 4.74. The fourth-order valence-corrected chi connectivity index (χ4v) is 2.76. The lowest BCUT2D eigenvalue weighted by molar-refractivity contribution is -0.116. The summed E-state index contributed by atoms with van der Waals surface area (Å²) in [5.74, 6) is 0.541. The van der Waals surface area contributed by atoms with Gasteiger partial charge in [0.1, 0.15) is 0 Å². The largest absolute Gasteiger partial charge is 0.316 e. The van der Waals surface area contributed by atoms with Crippen molar-refractivity contribution in [2.45, 2.75) is 12.8 Å². The second-order valence-corrected chi connectivity index (χ2v) is 5.99. The number of hydrogen-bond donors (Lipinski definition) is 2. The van der Waals surface area contributed by atoms with E-state index in [0.29, 0.717) is 17.5 Å². The molecule has 82 valence electrons. The van der Waals surface area contributed by atoms with Crippen LogP contribution in [0.4, 0.5) is 5.13 Å². The molecule has 0 radical (unpaired) electrons. The molecule has 1 aliphatic rings. The van der Waals surface area contributed by atoms with Crippen molar-refractivity contribution in [1.82, 2.24) is 10.3 Å². The molecular weight excluding hydrogens is 278 g/mol. The number of halogens is 1. The minimum absolute atomic E-state index is 0.0607. The summed E-state index contributed by atoms with van der Waals surface area (Å²) in [6, 6.07) is 0. The quantitative estimate of drug-likeness (QED) is 0.893. The van der Waals surface area contributed by atoms with Crippen LogP contribution in [0.5, 0.6) is 0 Å². The third kappa shape index (κ3) is 3.25. The van der Waals surface area contributed by atoms with Gasteiger partial charge in [0.15, 0.2) is 5.13 Å². The van der Waals surface area contributed by atoms with Gasteiger partial charge < -0.3 is 10.6 Å². The van der Waals surface area contributed by atoms with E-state index < -0.39 is 0 Å². The maximum Gasteiger partial charge on any atom is 0.226 e. The summed E-state index contributed by atoms with van der Waals surface area (Å²) in [7, 11) is 0. The number of nitrogens with one attached hydrogen (secondary N) is 2. The molecule has 6 heteroatoms. The average Bonchev–Trinajstić information content (AvgIpc) is 2.77. The van der Waals surface area contributed by atoms with Crippen molar-refractivity contribution >= 4 is 38.3 Å². The Morgan fingerprint density at radius 1 is 1.80 bits per heavy atom. The zero-order chi connectivity index (χ0) is 10.7. The van der Waals surface area contributed by atoms with Crippen molar-refractivity contribution in [2.75, 3.05) is 18.4 Å². The SMILES string of the molecule is O=C(CC1CCNC1)Nc1ncc(Br)s1. The van der Waals surface area contributed by atoms with E-state index in [2.05, 4.69) is 31.5 Å². The van der Waals surface area contributed by atoms with Crippen molar-refractivity contribution in [3.63, 3.8) is 0 Å². The highest BCUT2D eigenvalue weighted by Crippen LogP contribution is 2.23. The van der Waals surface area contributed by atoms with Crippen molar-refractivity contribution < 1.29 is 4.79 Å². The lowest BCUT2D eigenvalue weighted by Crippen LogP contribution is -2.18. The van der Waals surface area contributed by atoms with Gasteiger partial charge in [0.2, 0.25) is 5.91 Å². The maximum atomic E-state index is 11.6. The first-order valence-corrected chi connectivity index (χ1v) is 6.47. The second kappa shape index (κ2) is 5.05. The van der Waals surface area contributed by atoms with Gasteiger partial charge in [-0.3, -0.25) is 4.79 Å². The summed E-state index contributed by atoms with van der Waals surface area (Å²) in [5, 5.41) is 6.71. The molecule has 1 saturated heterocycles. The molecule has 1 atom stereocenters. The highest BCUT2D eigenvalue weighted by Gasteiger charge is 2.18. The number of hydrogen-bond acceptors (Lipinski definition) is 4. The first-order valence-electron chi connectivity index (χ1n) is 4.86. The van der Waals surface area contributed by atoms with Crippen LogP contribution in [0.25, 0.3) is 0 Å². The van der Waals surface area contributed by atoms with Gasteiger partial charge in [-0.2, -0.15) is 0 Å². The van der Waals surface area contributed by atoms with E-state index in [1.54, 1.807) is 6.20 Å². The second-order valence-electron chi connectivity index (χ2n) is 3.58. The number of aromatic nitrogens is 1. The van der Waals surface area contributed by atoms with Crippen molar-refractivity contribution in [3.8, 4) is 0 Å². The van der Waals surface area contributed by atoms with Gasteiger partial charge in [-0.25, -0.2) is 4.98 Å². The number of nitrogens with zero attached hydrogens (tertiary/aromatic N) is 1. The highest BCUT2D eigenvalue weighted by molar-refractivity contribution is 9.11. The molecule has 1 aromatic rings. The number of carbonyl (C=O) groups excluding carboxylic acids is 1. The lowest BCUT2D eigenvalue weighted by atomic mass is 10.1. The minimum atomic E-state index is 0.0607. The Kier molecular flexibility index (Phi) is 3.71. The van der Waals surface area contributed by atoms with Crippen LogP contribution in [-0.2, 0) is 4.79 Å². The van der Waals surface area contributed by atoms with Crippen LogP contribution in [0.2, 0.25) is 0 Å². The maximum absolute atomic E-state index is 11.6. The number of carbonyl (C=O) groups is 1. The van der Waals surface area contributed by atoms with Crippen LogP contribution in [0.3, 0.4) is 0 Å². The predicted octanol–water partition coefficient (Wildman–Crippen LogP) is 1.84. The smallest absolute Gasteiger partial charge is 0.226 e. The first kappa shape index (κ1) is 11.0. The van der Waals surface area contributed by atoms with E-state index in [1.165, 1.54) is 11.3 Å². The molecule has 2 rings (SSSR count). The van der Waals surface area contributed by atoms with Gasteiger partial charge in [0, 0.05) is 6.42 Å². The number of amides is 1. The molecule has 1 aromatic heterocycles. The fourth-order valence-electron chi connectivity index (χ4n) is 1.63.